The molecule has 0 atom stereocenters. The van der Waals surface area contributed by atoms with Gasteiger partial charge in [-0.15, -0.1) is 0 Å². The average molecular weight is 413 g/mol. The van der Waals surface area contributed by atoms with Crippen molar-refractivity contribution in [3.05, 3.63) is 60.3 Å². The minimum Gasteiger partial charge on any atom is -0.379 e. The van der Waals surface area contributed by atoms with E-state index < -0.39 is 10.1 Å². The number of likely N-dealkylation sites (tertiary alicyclic amines) is 1. The number of benzene rings is 2. The fourth-order valence-corrected chi connectivity index (χ4v) is 5.13. The van der Waals surface area contributed by atoms with Crippen LogP contribution in [-0.4, -0.2) is 38.0 Å². The van der Waals surface area contributed by atoms with Crippen LogP contribution in [0, 0.1) is 0 Å². The Morgan fingerprint density at radius 3 is 2.48 bits per heavy atom. The number of nitrogens with zero attached hydrogens (tertiary/aromatic N) is 2. The summed E-state index contributed by atoms with van der Waals surface area (Å²) >= 11 is 0. The van der Waals surface area contributed by atoms with Crippen LogP contribution >= 0.6 is 0 Å². The van der Waals surface area contributed by atoms with E-state index in [2.05, 4.69) is 29.6 Å². The molecule has 5 nitrogen and oxygen atoms in total. The molecule has 29 heavy (non-hydrogen) atoms. The third-order valence-electron chi connectivity index (χ3n) is 5.74. The van der Waals surface area contributed by atoms with Crippen molar-refractivity contribution >= 4 is 21.0 Å². The molecule has 154 valence electrons. The second-order valence-electron chi connectivity index (χ2n) is 7.88. The van der Waals surface area contributed by atoms with Gasteiger partial charge >= 0.3 is 10.1 Å². The zero-order valence-electron chi connectivity index (χ0n) is 17.0. The van der Waals surface area contributed by atoms with Gasteiger partial charge < -0.3 is 13.7 Å². The molecule has 1 saturated heterocycles. The zero-order chi connectivity index (χ0) is 20.4. The first kappa shape index (κ1) is 20.0. The van der Waals surface area contributed by atoms with Crippen LogP contribution in [0.4, 0.5) is 0 Å². The second-order valence-corrected chi connectivity index (χ2v) is 9.43. The Morgan fingerprint density at radius 2 is 1.79 bits per heavy atom. The topological polar surface area (TPSA) is 51.5 Å². The van der Waals surface area contributed by atoms with E-state index in [1.807, 2.05) is 12.1 Å². The van der Waals surface area contributed by atoms with Gasteiger partial charge in [0.05, 0.1) is 0 Å². The number of fused-ring (bicyclic) bond motifs is 1. The van der Waals surface area contributed by atoms with Crippen molar-refractivity contribution in [2.75, 3.05) is 20.1 Å². The zero-order valence-corrected chi connectivity index (χ0v) is 17.9. The van der Waals surface area contributed by atoms with Gasteiger partial charge in [0.2, 0.25) is 0 Å². The SMILES string of the molecule is CCCn1cc(C2CCN(C)CC2)c2cc(OS(=O)(=O)c3ccccc3)ccc21. The molecule has 1 aliphatic rings. The van der Waals surface area contributed by atoms with Crippen molar-refractivity contribution in [1.29, 1.82) is 0 Å². The maximum absolute atomic E-state index is 12.6. The summed E-state index contributed by atoms with van der Waals surface area (Å²) in [6.07, 6.45) is 5.56. The van der Waals surface area contributed by atoms with Crippen molar-refractivity contribution in [2.24, 2.45) is 0 Å². The van der Waals surface area contributed by atoms with Crippen molar-refractivity contribution in [1.82, 2.24) is 9.47 Å². The third-order valence-corrected chi connectivity index (χ3v) is 7.01. The van der Waals surface area contributed by atoms with Gasteiger partial charge in [-0.1, -0.05) is 25.1 Å². The van der Waals surface area contributed by atoms with Crippen LogP contribution in [0.25, 0.3) is 10.9 Å². The standard InChI is InChI=1S/C23H28N2O3S/c1-3-13-25-17-22(18-11-14-24(2)15-12-18)21-16-19(9-10-23(21)25)28-29(26,27)20-7-5-4-6-8-20/h4-10,16-18H,3,11-15H2,1-2H3. The predicted molar refractivity (Wildman–Crippen MR) is 116 cm³/mol. The van der Waals surface area contributed by atoms with E-state index >= 15 is 0 Å². The molecular formula is C23H28N2O3S. The third kappa shape index (κ3) is 4.19. The Balaban J connectivity index is 1.71. The molecule has 0 spiro atoms. The summed E-state index contributed by atoms with van der Waals surface area (Å²) in [6, 6.07) is 13.9. The minimum atomic E-state index is -3.84. The molecule has 0 saturated carbocycles. The lowest BCUT2D eigenvalue weighted by atomic mass is 9.89. The smallest absolute Gasteiger partial charge is 0.339 e. The molecule has 0 unspecified atom stereocenters. The highest BCUT2D eigenvalue weighted by Crippen LogP contribution is 2.36. The highest BCUT2D eigenvalue weighted by atomic mass is 32.2. The molecule has 1 aromatic heterocycles. The summed E-state index contributed by atoms with van der Waals surface area (Å²) in [5, 5.41) is 1.11. The van der Waals surface area contributed by atoms with Crippen LogP contribution in [-0.2, 0) is 16.7 Å². The van der Waals surface area contributed by atoms with Crippen LogP contribution in [0.3, 0.4) is 0 Å². The van der Waals surface area contributed by atoms with Gasteiger partial charge in [0.15, 0.2) is 0 Å². The molecule has 0 radical (unpaired) electrons. The summed E-state index contributed by atoms with van der Waals surface area (Å²) in [6.45, 7) is 5.30. The Labute approximate surface area is 173 Å². The van der Waals surface area contributed by atoms with Crippen molar-refractivity contribution in [3.63, 3.8) is 0 Å². The Morgan fingerprint density at radius 1 is 1.07 bits per heavy atom. The van der Waals surface area contributed by atoms with Crippen LogP contribution in [0.15, 0.2) is 59.6 Å². The molecule has 1 fully saturated rings. The summed E-state index contributed by atoms with van der Waals surface area (Å²) in [7, 11) is -1.68. The second kappa shape index (κ2) is 8.20. The molecule has 0 amide bonds. The van der Waals surface area contributed by atoms with Gasteiger partial charge in [-0.2, -0.15) is 8.42 Å². The number of piperidine rings is 1. The van der Waals surface area contributed by atoms with Crippen LogP contribution in [0.2, 0.25) is 0 Å². The van der Waals surface area contributed by atoms with Crippen LogP contribution in [0.5, 0.6) is 5.75 Å². The number of aromatic nitrogens is 1. The summed E-state index contributed by atoms with van der Waals surface area (Å²) in [5.41, 5.74) is 2.45. The predicted octanol–water partition coefficient (Wildman–Crippen LogP) is 4.63. The maximum Gasteiger partial charge on any atom is 0.339 e. The summed E-state index contributed by atoms with van der Waals surface area (Å²) in [4.78, 5) is 2.53. The number of hydrogen-bond donors (Lipinski definition) is 0. The van der Waals surface area contributed by atoms with Crippen molar-refractivity contribution < 1.29 is 12.6 Å². The van der Waals surface area contributed by atoms with Crippen LogP contribution in [0.1, 0.15) is 37.7 Å². The van der Waals surface area contributed by atoms with Crippen molar-refractivity contribution in [2.45, 2.75) is 43.5 Å². The van der Waals surface area contributed by atoms with E-state index in [-0.39, 0.29) is 4.90 Å². The molecule has 3 aromatic rings. The van der Waals surface area contributed by atoms with Crippen LogP contribution < -0.4 is 4.18 Å². The van der Waals surface area contributed by atoms with Gasteiger partial charge in [-0.25, -0.2) is 0 Å². The number of rotatable bonds is 6. The quantitative estimate of drug-likeness (QED) is 0.554. The monoisotopic (exact) mass is 412 g/mol. The van der Waals surface area contributed by atoms with Gasteiger partial charge in [0.25, 0.3) is 0 Å². The molecule has 2 heterocycles. The Kier molecular flexibility index (Phi) is 5.65. The summed E-state index contributed by atoms with van der Waals surface area (Å²) in [5.74, 6) is 0.859. The first-order valence-corrected chi connectivity index (χ1v) is 11.7. The van der Waals surface area contributed by atoms with E-state index in [4.69, 9.17) is 4.18 Å². The molecular weight excluding hydrogens is 384 g/mol. The van der Waals surface area contributed by atoms with Gasteiger partial charge in [0.1, 0.15) is 10.6 Å². The molecule has 6 heteroatoms. The van der Waals surface area contributed by atoms with Crippen molar-refractivity contribution in [3.8, 4) is 5.75 Å². The first-order valence-electron chi connectivity index (χ1n) is 10.3. The van der Waals surface area contributed by atoms with E-state index in [0.717, 1.165) is 49.8 Å². The van der Waals surface area contributed by atoms with E-state index in [0.29, 0.717) is 11.7 Å². The molecule has 2 aromatic carbocycles. The molecule has 0 N–H and O–H groups in total. The van der Waals surface area contributed by atoms with E-state index in [1.54, 1.807) is 36.4 Å². The lowest BCUT2D eigenvalue weighted by molar-refractivity contribution is 0.256. The molecule has 0 aliphatic carbocycles. The fraction of sp³-hybridized carbons (Fsp3) is 0.391. The van der Waals surface area contributed by atoms with E-state index in [1.165, 1.54) is 5.56 Å². The highest BCUT2D eigenvalue weighted by Gasteiger charge is 2.23. The van der Waals surface area contributed by atoms with E-state index in [9.17, 15) is 8.42 Å². The number of hydrogen-bond acceptors (Lipinski definition) is 4. The average Bonchev–Trinajstić information content (AvgIpc) is 3.07. The highest BCUT2D eigenvalue weighted by molar-refractivity contribution is 7.87. The lowest BCUT2D eigenvalue weighted by Crippen LogP contribution is -2.29. The van der Waals surface area contributed by atoms with Gasteiger partial charge in [0, 0.05) is 23.6 Å². The largest absolute Gasteiger partial charge is 0.379 e. The lowest BCUT2D eigenvalue weighted by Gasteiger charge is -2.28. The number of aryl methyl sites for hydroxylation is 1. The first-order chi connectivity index (χ1) is 14.0. The Hall–Kier alpha value is -2.31. The van der Waals surface area contributed by atoms with Gasteiger partial charge in [-0.05, 0) is 81.2 Å². The molecule has 0 bridgehead atoms. The normalized spacial score (nSPS) is 16.3. The molecule has 1 aliphatic heterocycles. The minimum absolute atomic E-state index is 0.166. The van der Waals surface area contributed by atoms with Gasteiger partial charge in [-0.3, -0.25) is 0 Å². The molecule has 4 rings (SSSR count). The summed E-state index contributed by atoms with van der Waals surface area (Å²) < 4.78 is 33.0. The Bertz CT molecular complexity index is 1080. The maximum atomic E-state index is 12.6. The fourth-order valence-electron chi connectivity index (χ4n) is 4.19.